The number of nitrogens with two attached hydrogens (primary N) is 1. The summed E-state index contributed by atoms with van der Waals surface area (Å²) >= 11 is 6.04. The molecule has 1 heterocycles. The van der Waals surface area contributed by atoms with Crippen LogP contribution in [0.3, 0.4) is 0 Å². The largest absolute Gasteiger partial charge is 0.408 e. The average Bonchev–Trinajstić information content (AvgIpc) is 2.72. The number of aryl methyl sites for hydroxylation is 1. The van der Waals surface area contributed by atoms with Gasteiger partial charge in [0.15, 0.2) is 0 Å². The van der Waals surface area contributed by atoms with Gasteiger partial charge in [0.25, 0.3) is 0 Å². The zero-order valence-electron chi connectivity index (χ0n) is 9.40. The molecular formula is C11H13ClN4O. The fourth-order valence-electron chi connectivity index (χ4n) is 1.38. The van der Waals surface area contributed by atoms with Gasteiger partial charge in [-0.25, -0.2) is 0 Å². The van der Waals surface area contributed by atoms with Crippen LogP contribution in [0.1, 0.15) is 11.5 Å². The Morgan fingerprint density at radius 1 is 1.41 bits per heavy atom. The van der Waals surface area contributed by atoms with E-state index in [4.69, 9.17) is 21.8 Å². The third kappa shape index (κ3) is 2.95. The molecule has 6 heteroatoms. The quantitative estimate of drug-likeness (QED) is 0.873. The molecule has 0 bridgehead atoms. The lowest BCUT2D eigenvalue weighted by atomic mass is 10.2. The molecule has 1 aromatic heterocycles. The predicted octanol–water partition coefficient (Wildman–Crippen LogP) is 2.28. The summed E-state index contributed by atoms with van der Waals surface area (Å²) in [5, 5.41) is 11.3. The number of hydrogen-bond acceptors (Lipinski definition) is 5. The Kier molecular flexibility index (Phi) is 3.61. The third-order valence-corrected chi connectivity index (χ3v) is 2.52. The van der Waals surface area contributed by atoms with E-state index < -0.39 is 0 Å². The maximum atomic E-state index is 6.04. The highest BCUT2D eigenvalue weighted by Gasteiger charge is 2.07. The van der Waals surface area contributed by atoms with Crippen molar-refractivity contribution in [1.29, 1.82) is 0 Å². The van der Waals surface area contributed by atoms with Gasteiger partial charge in [0.1, 0.15) is 0 Å². The first-order valence-electron chi connectivity index (χ1n) is 5.24. The standard InChI is InChI=1S/C11H13ClN4O/c1-7-2-3-8(12)9(6-7)14-11-16-15-10(17-11)4-5-13/h2-3,6H,4-5,13H2,1H3,(H,14,16). The predicted molar refractivity (Wildman–Crippen MR) is 66.5 cm³/mol. The maximum Gasteiger partial charge on any atom is 0.320 e. The van der Waals surface area contributed by atoms with Crippen molar-refractivity contribution in [3.63, 3.8) is 0 Å². The minimum Gasteiger partial charge on any atom is -0.408 e. The van der Waals surface area contributed by atoms with E-state index >= 15 is 0 Å². The number of halogens is 1. The summed E-state index contributed by atoms with van der Waals surface area (Å²) in [6, 6.07) is 5.98. The van der Waals surface area contributed by atoms with Gasteiger partial charge in [-0.2, -0.15) is 0 Å². The Morgan fingerprint density at radius 2 is 2.24 bits per heavy atom. The zero-order chi connectivity index (χ0) is 12.3. The molecule has 0 amide bonds. The molecule has 17 heavy (non-hydrogen) atoms. The lowest BCUT2D eigenvalue weighted by molar-refractivity contribution is 0.510. The number of nitrogens with one attached hydrogen (secondary N) is 1. The summed E-state index contributed by atoms with van der Waals surface area (Å²) in [5.74, 6) is 0.513. The lowest BCUT2D eigenvalue weighted by Gasteiger charge is -2.04. The lowest BCUT2D eigenvalue weighted by Crippen LogP contribution is -2.02. The Morgan fingerprint density at radius 3 is 3.00 bits per heavy atom. The van der Waals surface area contributed by atoms with E-state index in [1.807, 2.05) is 25.1 Å². The molecule has 1 aromatic carbocycles. The molecule has 0 spiro atoms. The van der Waals surface area contributed by atoms with E-state index in [9.17, 15) is 0 Å². The van der Waals surface area contributed by atoms with Crippen LogP contribution < -0.4 is 11.1 Å². The Hall–Kier alpha value is -1.59. The van der Waals surface area contributed by atoms with Crippen molar-refractivity contribution in [2.24, 2.45) is 5.73 Å². The SMILES string of the molecule is Cc1ccc(Cl)c(Nc2nnc(CCN)o2)c1. The number of nitrogens with zero attached hydrogens (tertiary/aromatic N) is 2. The second kappa shape index (κ2) is 5.16. The molecule has 0 fully saturated rings. The number of benzene rings is 1. The van der Waals surface area contributed by atoms with Gasteiger partial charge in [-0.3, -0.25) is 0 Å². The Balaban J connectivity index is 2.16. The summed E-state index contributed by atoms with van der Waals surface area (Å²) in [6.07, 6.45) is 0.566. The third-order valence-electron chi connectivity index (χ3n) is 2.19. The minimum atomic E-state index is 0.320. The molecule has 0 unspecified atom stereocenters. The summed E-state index contributed by atoms with van der Waals surface area (Å²) in [7, 11) is 0. The molecule has 2 aromatic rings. The fourth-order valence-corrected chi connectivity index (χ4v) is 1.54. The summed E-state index contributed by atoms with van der Waals surface area (Å²) in [5.41, 5.74) is 7.24. The summed E-state index contributed by atoms with van der Waals surface area (Å²) < 4.78 is 5.35. The van der Waals surface area contributed by atoms with Gasteiger partial charge in [-0.1, -0.05) is 22.8 Å². The molecule has 0 aliphatic carbocycles. The van der Waals surface area contributed by atoms with Crippen LogP contribution in [-0.4, -0.2) is 16.7 Å². The molecule has 0 radical (unpaired) electrons. The van der Waals surface area contributed by atoms with Gasteiger partial charge >= 0.3 is 6.01 Å². The van der Waals surface area contributed by atoms with E-state index in [0.29, 0.717) is 29.9 Å². The molecule has 0 saturated heterocycles. The van der Waals surface area contributed by atoms with Gasteiger partial charge in [0.2, 0.25) is 5.89 Å². The maximum absolute atomic E-state index is 6.04. The first-order chi connectivity index (χ1) is 8.19. The normalized spacial score (nSPS) is 10.5. The molecule has 2 rings (SSSR count). The van der Waals surface area contributed by atoms with E-state index in [2.05, 4.69) is 15.5 Å². The van der Waals surface area contributed by atoms with E-state index in [1.54, 1.807) is 0 Å². The van der Waals surface area contributed by atoms with Gasteiger partial charge in [0.05, 0.1) is 10.7 Å². The Labute approximate surface area is 104 Å². The molecule has 3 N–H and O–H groups in total. The number of aromatic nitrogens is 2. The van der Waals surface area contributed by atoms with Crippen molar-refractivity contribution in [3.05, 3.63) is 34.7 Å². The Bertz CT molecular complexity index is 512. The molecule has 0 atom stereocenters. The zero-order valence-corrected chi connectivity index (χ0v) is 10.2. The van der Waals surface area contributed by atoms with E-state index in [1.165, 1.54) is 0 Å². The topological polar surface area (TPSA) is 77.0 Å². The number of rotatable bonds is 4. The van der Waals surface area contributed by atoms with Crippen molar-refractivity contribution in [3.8, 4) is 0 Å². The van der Waals surface area contributed by atoms with Gasteiger partial charge in [-0.05, 0) is 24.6 Å². The average molecular weight is 253 g/mol. The highest BCUT2D eigenvalue weighted by molar-refractivity contribution is 6.33. The van der Waals surface area contributed by atoms with Crippen LogP contribution in [0.4, 0.5) is 11.7 Å². The summed E-state index contributed by atoms with van der Waals surface area (Å²) in [4.78, 5) is 0. The molecular weight excluding hydrogens is 240 g/mol. The second-order valence-electron chi connectivity index (χ2n) is 3.65. The first kappa shape index (κ1) is 11.9. The molecule has 0 aliphatic rings. The van der Waals surface area contributed by atoms with Crippen molar-refractivity contribution in [1.82, 2.24) is 10.2 Å². The van der Waals surface area contributed by atoms with Crippen LogP contribution in [0.25, 0.3) is 0 Å². The van der Waals surface area contributed by atoms with Crippen LogP contribution in [0.15, 0.2) is 22.6 Å². The number of anilines is 2. The van der Waals surface area contributed by atoms with Gasteiger partial charge in [-0.15, -0.1) is 5.10 Å². The number of hydrogen-bond donors (Lipinski definition) is 2. The van der Waals surface area contributed by atoms with Crippen LogP contribution in [0, 0.1) is 6.92 Å². The first-order valence-corrected chi connectivity index (χ1v) is 5.62. The highest BCUT2D eigenvalue weighted by atomic mass is 35.5. The van der Waals surface area contributed by atoms with E-state index in [0.717, 1.165) is 11.3 Å². The van der Waals surface area contributed by atoms with E-state index in [-0.39, 0.29) is 0 Å². The fraction of sp³-hybridized carbons (Fsp3) is 0.273. The monoisotopic (exact) mass is 252 g/mol. The van der Waals surface area contributed by atoms with Gasteiger partial charge in [0, 0.05) is 13.0 Å². The van der Waals surface area contributed by atoms with Gasteiger partial charge < -0.3 is 15.5 Å². The molecule has 0 aliphatic heterocycles. The van der Waals surface area contributed by atoms with Crippen LogP contribution in [0.2, 0.25) is 5.02 Å². The van der Waals surface area contributed by atoms with Crippen molar-refractivity contribution in [2.75, 3.05) is 11.9 Å². The van der Waals surface area contributed by atoms with Crippen molar-refractivity contribution >= 4 is 23.3 Å². The van der Waals surface area contributed by atoms with Crippen molar-refractivity contribution in [2.45, 2.75) is 13.3 Å². The van der Waals surface area contributed by atoms with Crippen LogP contribution in [-0.2, 0) is 6.42 Å². The minimum absolute atomic E-state index is 0.320. The van der Waals surface area contributed by atoms with Crippen LogP contribution in [0.5, 0.6) is 0 Å². The summed E-state index contributed by atoms with van der Waals surface area (Å²) in [6.45, 7) is 2.46. The van der Waals surface area contributed by atoms with Crippen molar-refractivity contribution < 1.29 is 4.42 Å². The molecule has 90 valence electrons. The smallest absolute Gasteiger partial charge is 0.320 e. The highest BCUT2D eigenvalue weighted by Crippen LogP contribution is 2.25. The molecule has 5 nitrogen and oxygen atoms in total. The van der Waals surface area contributed by atoms with Crippen LogP contribution >= 0.6 is 11.6 Å². The molecule has 0 saturated carbocycles. The second-order valence-corrected chi connectivity index (χ2v) is 4.06.